The highest BCUT2D eigenvalue weighted by Crippen LogP contribution is 2.40. The van der Waals surface area contributed by atoms with Crippen LogP contribution in [-0.2, 0) is 17.4 Å². The van der Waals surface area contributed by atoms with E-state index in [0.29, 0.717) is 57.2 Å². The molecule has 218 valence electrons. The average molecular weight is 590 g/mol. The largest absolute Gasteiger partial charge is 0.492 e. The van der Waals surface area contributed by atoms with Crippen molar-refractivity contribution >= 4 is 40.7 Å². The van der Waals surface area contributed by atoms with Crippen LogP contribution in [0, 0.1) is 11.3 Å². The van der Waals surface area contributed by atoms with Crippen LogP contribution in [0.15, 0.2) is 36.4 Å². The number of nitrogens with zero attached hydrogens (tertiary/aromatic N) is 5. The lowest BCUT2D eigenvalue weighted by molar-refractivity contribution is -0.137. The van der Waals surface area contributed by atoms with E-state index in [2.05, 4.69) is 4.90 Å². The van der Waals surface area contributed by atoms with Crippen LogP contribution in [0.5, 0.6) is 5.75 Å². The lowest BCUT2D eigenvalue weighted by Gasteiger charge is -2.33. The van der Waals surface area contributed by atoms with Gasteiger partial charge in [-0.15, -0.1) is 0 Å². The maximum absolute atomic E-state index is 13.6. The van der Waals surface area contributed by atoms with E-state index in [0.717, 1.165) is 22.6 Å². The molecule has 4 rings (SSSR count). The zero-order chi connectivity index (χ0) is 30.1. The highest BCUT2D eigenvalue weighted by atomic mass is 32.1. The zero-order valence-electron chi connectivity index (χ0n) is 22.9. The summed E-state index contributed by atoms with van der Waals surface area (Å²) in [6.07, 6.45) is -5.08. The minimum absolute atomic E-state index is 0.0223. The van der Waals surface area contributed by atoms with Crippen LogP contribution in [-0.4, -0.2) is 76.9 Å². The molecule has 0 bridgehead atoms. The van der Waals surface area contributed by atoms with Gasteiger partial charge in [-0.25, -0.2) is 4.79 Å². The Morgan fingerprint density at radius 2 is 1.78 bits per heavy atom. The lowest BCUT2D eigenvalue weighted by Crippen LogP contribution is -2.49. The first-order chi connectivity index (χ1) is 19.3. The van der Waals surface area contributed by atoms with Crippen molar-refractivity contribution in [3.05, 3.63) is 53.1 Å². The third-order valence-corrected chi connectivity index (χ3v) is 7.71. The van der Waals surface area contributed by atoms with Gasteiger partial charge in [0.15, 0.2) is 5.11 Å². The summed E-state index contributed by atoms with van der Waals surface area (Å²) in [5, 5.41) is 18.3. The summed E-state index contributed by atoms with van der Waals surface area (Å²) >= 11 is 5.64. The molecule has 2 saturated heterocycles. The number of amides is 2. The average Bonchev–Trinajstić information content (AvgIpc) is 3.11. The van der Waals surface area contributed by atoms with E-state index in [9.17, 15) is 22.8 Å². The number of thiocarbonyl (C=S) groups is 1. The van der Waals surface area contributed by atoms with E-state index in [4.69, 9.17) is 27.3 Å². The number of aryl methyl sites for hydroxylation is 1. The molecule has 2 aliphatic heterocycles. The van der Waals surface area contributed by atoms with Gasteiger partial charge in [-0.05, 0) is 74.4 Å². The fraction of sp³-hybridized carbons (Fsp3) is 0.429. The fourth-order valence-corrected chi connectivity index (χ4v) is 5.55. The predicted octanol–water partition coefficient (Wildman–Crippen LogP) is 4.73. The van der Waals surface area contributed by atoms with E-state index < -0.39 is 34.8 Å². The van der Waals surface area contributed by atoms with Crippen molar-refractivity contribution in [1.82, 2.24) is 9.80 Å². The maximum atomic E-state index is 13.6. The van der Waals surface area contributed by atoms with Crippen molar-refractivity contribution in [2.75, 3.05) is 49.1 Å². The van der Waals surface area contributed by atoms with Crippen molar-refractivity contribution in [2.45, 2.75) is 38.9 Å². The molecule has 2 aromatic rings. The number of hydrogen-bond acceptors (Lipinski definition) is 6. The number of rotatable bonds is 7. The molecule has 1 N–H and O–H groups in total. The first-order valence-corrected chi connectivity index (χ1v) is 13.5. The molecule has 0 saturated carbocycles. The minimum Gasteiger partial charge on any atom is -0.492 e. The molecule has 9 nitrogen and oxygen atoms in total. The summed E-state index contributed by atoms with van der Waals surface area (Å²) in [5.74, 6) is 0.162. The number of hydrogen-bond donors (Lipinski definition) is 1. The highest BCUT2D eigenvalue weighted by molar-refractivity contribution is 7.81. The molecule has 0 unspecified atom stereocenters. The topological polar surface area (TPSA) is 100 Å². The molecule has 41 heavy (non-hydrogen) atoms. The number of benzene rings is 2. The van der Waals surface area contributed by atoms with E-state index in [1.165, 1.54) is 11.0 Å². The highest BCUT2D eigenvalue weighted by Gasteiger charge is 2.50. The quantitative estimate of drug-likeness (QED) is 0.463. The van der Waals surface area contributed by atoms with E-state index in [1.54, 1.807) is 36.9 Å². The first-order valence-electron chi connectivity index (χ1n) is 13.1. The second kappa shape index (κ2) is 11.5. The van der Waals surface area contributed by atoms with Gasteiger partial charge >= 0.3 is 12.3 Å². The van der Waals surface area contributed by atoms with Gasteiger partial charge in [0.2, 0.25) is 0 Å². The van der Waals surface area contributed by atoms with Crippen LogP contribution in [0.3, 0.4) is 0 Å². The number of anilines is 2. The Hall–Kier alpha value is -3.89. The van der Waals surface area contributed by atoms with Crippen LogP contribution < -0.4 is 14.5 Å². The molecule has 2 amide bonds. The molecule has 0 aliphatic carbocycles. The minimum atomic E-state index is -4.78. The normalized spacial score (nSPS) is 17.6. The summed E-state index contributed by atoms with van der Waals surface area (Å²) in [4.78, 5) is 30.8. The lowest BCUT2D eigenvalue weighted by atomic mass is 10.0. The van der Waals surface area contributed by atoms with Gasteiger partial charge in [0.05, 0.1) is 22.9 Å². The van der Waals surface area contributed by atoms with E-state index >= 15 is 0 Å². The Morgan fingerprint density at radius 1 is 1.12 bits per heavy atom. The van der Waals surface area contributed by atoms with Crippen LogP contribution in [0.4, 0.5) is 29.3 Å². The van der Waals surface area contributed by atoms with Crippen molar-refractivity contribution < 1.29 is 32.6 Å². The smallest absolute Gasteiger partial charge is 0.417 e. The van der Waals surface area contributed by atoms with Gasteiger partial charge in [0, 0.05) is 38.4 Å². The predicted molar refractivity (Wildman–Crippen MR) is 150 cm³/mol. The first kappa shape index (κ1) is 30.1. The van der Waals surface area contributed by atoms with Crippen LogP contribution in [0.2, 0.25) is 0 Å². The van der Waals surface area contributed by atoms with Gasteiger partial charge in [-0.3, -0.25) is 14.6 Å². The Bertz CT molecular complexity index is 1400. The van der Waals surface area contributed by atoms with Gasteiger partial charge in [0.25, 0.3) is 5.91 Å². The van der Waals surface area contributed by atoms with Gasteiger partial charge in [-0.1, -0.05) is 6.92 Å². The molecular formula is C28H30F3N5O4S. The van der Waals surface area contributed by atoms with Crippen molar-refractivity contribution in [3.8, 4) is 11.8 Å². The second-order valence-corrected chi connectivity index (χ2v) is 10.6. The number of piperazine rings is 1. The van der Waals surface area contributed by atoms with Crippen molar-refractivity contribution in [3.63, 3.8) is 0 Å². The fourth-order valence-electron chi connectivity index (χ4n) is 5.03. The number of alkyl halides is 3. The molecule has 0 spiro atoms. The second-order valence-electron chi connectivity index (χ2n) is 10.3. The Kier molecular flexibility index (Phi) is 8.46. The number of carbonyl (C=O) groups excluding carboxylic acids is 1. The van der Waals surface area contributed by atoms with Crippen LogP contribution in [0.25, 0.3) is 0 Å². The maximum Gasteiger partial charge on any atom is 0.417 e. The zero-order valence-corrected chi connectivity index (χ0v) is 23.7. The molecular weight excluding hydrogens is 559 g/mol. The summed E-state index contributed by atoms with van der Waals surface area (Å²) in [5.41, 5.74) is -1.49. The summed E-state index contributed by atoms with van der Waals surface area (Å²) in [6.45, 7) is 8.45. The SMILES string of the molecule is CCc1cc(N2C(=S)N(c3ccc(C#N)c(C(F)(F)F)c3)C(=O)C2(C)C)ccc1OCCN1CCN(C(=O)O)CC1. The van der Waals surface area contributed by atoms with Gasteiger partial charge < -0.3 is 19.6 Å². The Labute approximate surface area is 241 Å². The number of carbonyl (C=O) groups is 2. The van der Waals surface area contributed by atoms with Gasteiger partial charge in [0.1, 0.15) is 17.9 Å². The van der Waals surface area contributed by atoms with Crippen LogP contribution >= 0.6 is 12.2 Å². The molecule has 2 aliphatic rings. The van der Waals surface area contributed by atoms with Gasteiger partial charge in [-0.2, -0.15) is 18.4 Å². The summed E-state index contributed by atoms with van der Waals surface area (Å²) in [6, 6.07) is 10.0. The van der Waals surface area contributed by atoms with Crippen molar-refractivity contribution in [2.24, 2.45) is 0 Å². The summed E-state index contributed by atoms with van der Waals surface area (Å²) < 4.78 is 46.9. The Morgan fingerprint density at radius 3 is 2.37 bits per heavy atom. The molecule has 0 aromatic heterocycles. The number of halogens is 3. The number of nitriles is 1. The molecule has 0 atom stereocenters. The third-order valence-electron chi connectivity index (χ3n) is 7.35. The summed E-state index contributed by atoms with van der Waals surface area (Å²) in [7, 11) is 0. The number of carboxylic acid groups (broad SMARTS) is 1. The monoisotopic (exact) mass is 589 g/mol. The molecule has 2 aromatic carbocycles. The van der Waals surface area contributed by atoms with E-state index in [1.807, 2.05) is 13.0 Å². The van der Waals surface area contributed by atoms with Crippen LogP contribution in [0.1, 0.15) is 37.5 Å². The molecule has 13 heteroatoms. The number of ether oxygens (including phenoxy) is 1. The van der Waals surface area contributed by atoms with Crippen molar-refractivity contribution in [1.29, 1.82) is 5.26 Å². The van der Waals surface area contributed by atoms with E-state index in [-0.39, 0.29) is 10.8 Å². The molecule has 2 heterocycles. The third kappa shape index (κ3) is 5.94. The standard InChI is InChI=1S/C28H30F3N5O4S/c1-4-18-15-21(7-8-23(18)40-14-13-33-9-11-34(12-10-33)26(38)39)36-25(41)35(24(37)27(36,2)3)20-6-5-19(17-32)22(16-20)28(29,30)31/h5-8,15-16H,4,9-14H2,1-3H3,(H,38,39). The Balaban J connectivity index is 1.53. The molecule has 0 radical (unpaired) electrons. The molecule has 2 fully saturated rings.